The van der Waals surface area contributed by atoms with E-state index < -0.39 is 0 Å². The Morgan fingerprint density at radius 3 is 3.00 bits per heavy atom. The largest absolute Gasteiger partial charge is 0.487 e. The second-order valence-electron chi connectivity index (χ2n) is 3.30. The van der Waals surface area contributed by atoms with Crippen molar-refractivity contribution in [3.8, 4) is 5.75 Å². The van der Waals surface area contributed by atoms with Crippen LogP contribution in [0.15, 0.2) is 16.7 Å². The summed E-state index contributed by atoms with van der Waals surface area (Å²) in [6, 6.07) is 1.68. The van der Waals surface area contributed by atoms with Crippen LogP contribution in [0.1, 0.15) is 24.5 Å². The molecule has 2 aromatic heterocycles. The van der Waals surface area contributed by atoms with Crippen molar-refractivity contribution in [3.05, 3.63) is 18.2 Å². The van der Waals surface area contributed by atoms with Gasteiger partial charge in [-0.3, -0.25) is 4.79 Å². The molecule has 0 spiro atoms. The van der Waals surface area contributed by atoms with Crippen molar-refractivity contribution < 1.29 is 13.9 Å². The number of nitrogens with zero attached hydrogens (tertiary/aromatic N) is 2. The Balaban J connectivity index is 2.54. The number of rotatable bonds is 3. The van der Waals surface area contributed by atoms with Crippen LogP contribution in [0.2, 0.25) is 0 Å². The summed E-state index contributed by atoms with van der Waals surface area (Å²) in [5, 5.41) is 0. The lowest BCUT2D eigenvalue weighted by Crippen LogP contribution is -2.05. The average molecular weight is 206 g/mol. The molecule has 0 fully saturated rings. The molecule has 78 valence electrons. The second-order valence-corrected chi connectivity index (χ2v) is 3.30. The lowest BCUT2D eigenvalue weighted by Gasteiger charge is -2.08. The smallest absolute Gasteiger partial charge is 0.262 e. The Hall–Kier alpha value is -1.91. The molecule has 0 unspecified atom stereocenters. The molecule has 5 heteroatoms. The number of ether oxygens (including phenoxy) is 1. The third-order valence-electron chi connectivity index (χ3n) is 1.74. The van der Waals surface area contributed by atoms with E-state index in [2.05, 4.69) is 9.97 Å². The number of oxazole rings is 1. The Morgan fingerprint density at radius 2 is 2.33 bits per heavy atom. The van der Waals surface area contributed by atoms with Crippen LogP contribution in [0.5, 0.6) is 5.75 Å². The summed E-state index contributed by atoms with van der Waals surface area (Å²) in [5.74, 6) is 0.563. The van der Waals surface area contributed by atoms with Gasteiger partial charge in [0.25, 0.3) is 5.89 Å². The molecule has 0 saturated heterocycles. The molecule has 0 radical (unpaired) electrons. The monoisotopic (exact) mass is 206 g/mol. The zero-order valence-electron chi connectivity index (χ0n) is 8.43. The first kappa shape index (κ1) is 9.64. The van der Waals surface area contributed by atoms with Crippen LogP contribution < -0.4 is 4.74 Å². The second kappa shape index (κ2) is 3.68. The summed E-state index contributed by atoms with van der Waals surface area (Å²) in [4.78, 5) is 18.3. The highest BCUT2D eigenvalue weighted by atomic mass is 16.5. The number of fused-ring (bicyclic) bond motifs is 1. The number of carbonyl (C=O) groups excluding carboxylic acids is 1. The van der Waals surface area contributed by atoms with Crippen LogP contribution >= 0.6 is 0 Å². The highest BCUT2D eigenvalue weighted by molar-refractivity contribution is 5.80. The Morgan fingerprint density at radius 1 is 1.53 bits per heavy atom. The van der Waals surface area contributed by atoms with E-state index in [1.54, 1.807) is 12.3 Å². The fourth-order valence-electron chi connectivity index (χ4n) is 1.22. The van der Waals surface area contributed by atoms with Gasteiger partial charge in [-0.1, -0.05) is 0 Å². The molecular weight excluding hydrogens is 196 g/mol. The molecule has 2 heterocycles. The summed E-state index contributed by atoms with van der Waals surface area (Å²) in [5.41, 5.74) is 0.795. The minimum Gasteiger partial charge on any atom is -0.487 e. The molecule has 15 heavy (non-hydrogen) atoms. The number of hydrogen-bond acceptors (Lipinski definition) is 5. The fourth-order valence-corrected chi connectivity index (χ4v) is 1.22. The van der Waals surface area contributed by atoms with Gasteiger partial charge in [0, 0.05) is 12.3 Å². The first-order valence-electron chi connectivity index (χ1n) is 4.58. The zero-order valence-corrected chi connectivity index (χ0v) is 8.43. The van der Waals surface area contributed by atoms with Crippen LogP contribution in [0.3, 0.4) is 0 Å². The van der Waals surface area contributed by atoms with E-state index in [-0.39, 0.29) is 12.0 Å². The minimum atomic E-state index is 0.0114. The van der Waals surface area contributed by atoms with E-state index in [4.69, 9.17) is 9.15 Å². The van der Waals surface area contributed by atoms with Crippen molar-refractivity contribution in [1.29, 1.82) is 0 Å². The first-order chi connectivity index (χ1) is 7.20. The number of hydrogen-bond donors (Lipinski definition) is 0. The molecule has 0 saturated carbocycles. The van der Waals surface area contributed by atoms with Gasteiger partial charge in [0.15, 0.2) is 5.75 Å². The van der Waals surface area contributed by atoms with Gasteiger partial charge < -0.3 is 9.15 Å². The molecule has 0 atom stereocenters. The topological polar surface area (TPSA) is 65.2 Å². The van der Waals surface area contributed by atoms with Crippen LogP contribution in [0, 0.1) is 0 Å². The summed E-state index contributed by atoms with van der Waals surface area (Å²) in [6.07, 6.45) is 2.14. The van der Waals surface area contributed by atoms with Crippen molar-refractivity contribution in [3.63, 3.8) is 0 Å². The molecule has 0 aromatic carbocycles. The van der Waals surface area contributed by atoms with Gasteiger partial charge >= 0.3 is 0 Å². The van der Waals surface area contributed by atoms with E-state index in [0.717, 1.165) is 0 Å². The predicted octanol–water partition coefficient (Wildman–Crippen LogP) is 1.82. The van der Waals surface area contributed by atoms with E-state index in [0.29, 0.717) is 23.3 Å². The quantitative estimate of drug-likeness (QED) is 0.716. The normalized spacial score (nSPS) is 10.9. The van der Waals surface area contributed by atoms with E-state index in [1.165, 1.54) is 0 Å². The molecule has 2 rings (SSSR count). The molecule has 0 amide bonds. The van der Waals surface area contributed by atoms with E-state index in [1.807, 2.05) is 13.8 Å². The molecule has 0 aliphatic heterocycles. The molecule has 5 nitrogen and oxygen atoms in total. The number of pyridine rings is 1. The fraction of sp³-hybridized carbons (Fsp3) is 0.300. The first-order valence-corrected chi connectivity index (χ1v) is 4.58. The maximum Gasteiger partial charge on any atom is 0.262 e. The third-order valence-corrected chi connectivity index (χ3v) is 1.74. The minimum absolute atomic E-state index is 0.0114. The van der Waals surface area contributed by atoms with E-state index >= 15 is 0 Å². The van der Waals surface area contributed by atoms with Gasteiger partial charge in [-0.05, 0) is 13.8 Å². The Bertz CT molecular complexity index is 490. The number of aromatic nitrogens is 2. The number of aldehydes is 1. The van der Waals surface area contributed by atoms with Gasteiger partial charge in [-0.25, -0.2) is 4.98 Å². The van der Waals surface area contributed by atoms with Crippen molar-refractivity contribution in [2.45, 2.75) is 20.0 Å². The predicted molar refractivity (Wildman–Crippen MR) is 53.0 cm³/mol. The lowest BCUT2D eigenvalue weighted by atomic mass is 10.4. The molecule has 2 aromatic rings. The summed E-state index contributed by atoms with van der Waals surface area (Å²) in [6.45, 7) is 3.81. The highest BCUT2D eigenvalue weighted by Gasteiger charge is 2.12. The van der Waals surface area contributed by atoms with Crippen molar-refractivity contribution >= 4 is 17.5 Å². The van der Waals surface area contributed by atoms with Crippen LogP contribution in [-0.2, 0) is 0 Å². The van der Waals surface area contributed by atoms with E-state index in [9.17, 15) is 4.79 Å². The average Bonchev–Trinajstić information content (AvgIpc) is 2.61. The maximum atomic E-state index is 10.5. The number of carbonyl (C=O) groups is 1. The van der Waals surface area contributed by atoms with Crippen molar-refractivity contribution in [1.82, 2.24) is 9.97 Å². The maximum absolute atomic E-state index is 10.5. The summed E-state index contributed by atoms with van der Waals surface area (Å²) in [7, 11) is 0. The Labute approximate surface area is 86.1 Å². The zero-order chi connectivity index (χ0) is 10.8. The SMILES string of the molecule is CC(C)Oc1ccnc2nc(C=O)oc12. The Kier molecular flexibility index (Phi) is 2.37. The lowest BCUT2D eigenvalue weighted by molar-refractivity contribution is 0.109. The van der Waals surface area contributed by atoms with Gasteiger partial charge in [0.05, 0.1) is 6.10 Å². The third kappa shape index (κ3) is 1.81. The van der Waals surface area contributed by atoms with Crippen molar-refractivity contribution in [2.75, 3.05) is 0 Å². The summed E-state index contributed by atoms with van der Waals surface area (Å²) < 4.78 is 10.7. The highest BCUT2D eigenvalue weighted by Crippen LogP contribution is 2.24. The van der Waals surface area contributed by atoms with Crippen molar-refractivity contribution in [2.24, 2.45) is 0 Å². The molecule has 0 N–H and O–H groups in total. The molecular formula is C10H10N2O3. The standard InChI is InChI=1S/C10H10N2O3/c1-6(2)14-7-3-4-11-10-9(7)15-8(5-13)12-10/h3-6H,1-2H3. The van der Waals surface area contributed by atoms with Gasteiger partial charge in [-0.2, -0.15) is 4.98 Å². The van der Waals surface area contributed by atoms with Gasteiger partial charge in [0.2, 0.25) is 17.5 Å². The van der Waals surface area contributed by atoms with Crippen LogP contribution in [0.25, 0.3) is 11.2 Å². The molecule has 0 aliphatic carbocycles. The van der Waals surface area contributed by atoms with Gasteiger partial charge in [0.1, 0.15) is 0 Å². The molecule has 0 bridgehead atoms. The molecule has 0 aliphatic rings. The van der Waals surface area contributed by atoms with Crippen LogP contribution in [0.4, 0.5) is 0 Å². The van der Waals surface area contributed by atoms with Crippen LogP contribution in [-0.4, -0.2) is 22.4 Å². The summed E-state index contributed by atoms with van der Waals surface area (Å²) >= 11 is 0. The van der Waals surface area contributed by atoms with Gasteiger partial charge in [-0.15, -0.1) is 0 Å².